The van der Waals surface area contributed by atoms with Gasteiger partial charge in [-0.25, -0.2) is 8.78 Å². The minimum absolute atomic E-state index is 0.0837. The van der Waals surface area contributed by atoms with Gasteiger partial charge in [-0.05, 0) is 23.7 Å². The molecule has 3 nitrogen and oxygen atoms in total. The van der Waals surface area contributed by atoms with Crippen LogP contribution in [0.2, 0.25) is 0 Å². The Bertz CT molecular complexity index is 437. The van der Waals surface area contributed by atoms with Gasteiger partial charge in [0.15, 0.2) is 11.6 Å². The maximum Gasteiger partial charge on any atom is 0.241 e. The summed E-state index contributed by atoms with van der Waals surface area (Å²) in [5, 5.41) is -0.764. The lowest BCUT2D eigenvalue weighted by Gasteiger charge is -2.19. The van der Waals surface area contributed by atoms with Crippen molar-refractivity contribution in [2.45, 2.75) is 6.92 Å². The molecule has 16 heavy (non-hydrogen) atoms. The summed E-state index contributed by atoms with van der Waals surface area (Å²) in [6, 6.07) is 2.90. The van der Waals surface area contributed by atoms with E-state index < -0.39 is 22.8 Å². The largest absolute Gasteiger partial charge is 0.304 e. The van der Waals surface area contributed by atoms with Crippen LogP contribution in [-0.4, -0.2) is 17.7 Å². The Labute approximate surface area is 95.6 Å². The molecule has 0 aliphatic carbocycles. The molecule has 1 amide bonds. The number of carbonyl (C=O) groups is 2. The third-order valence-electron chi connectivity index (χ3n) is 1.88. The van der Waals surface area contributed by atoms with Gasteiger partial charge in [0.1, 0.15) is 0 Å². The lowest BCUT2D eigenvalue weighted by Crippen LogP contribution is -2.32. The molecule has 0 fully saturated rings. The van der Waals surface area contributed by atoms with Gasteiger partial charge in [0.25, 0.3) is 0 Å². The van der Waals surface area contributed by atoms with Crippen LogP contribution >= 0.6 is 11.6 Å². The van der Waals surface area contributed by atoms with Crippen LogP contribution in [-0.2, 0) is 9.59 Å². The first-order valence-electron chi connectivity index (χ1n) is 4.33. The smallest absolute Gasteiger partial charge is 0.241 e. The summed E-state index contributed by atoms with van der Waals surface area (Å²) in [5.74, 6) is -2.60. The number of halogens is 3. The van der Waals surface area contributed by atoms with E-state index in [1.54, 1.807) is 0 Å². The van der Waals surface area contributed by atoms with E-state index in [1.165, 1.54) is 13.0 Å². The molecule has 0 aliphatic heterocycles. The minimum atomic E-state index is -1.09. The molecule has 0 spiro atoms. The van der Waals surface area contributed by atoms with Crippen molar-refractivity contribution >= 4 is 28.4 Å². The molecule has 0 aromatic heterocycles. The Morgan fingerprint density at radius 1 is 1.31 bits per heavy atom. The first kappa shape index (κ1) is 12.6. The number of benzene rings is 1. The van der Waals surface area contributed by atoms with Crippen LogP contribution in [0.1, 0.15) is 6.92 Å². The number of hydrogen-bond acceptors (Lipinski definition) is 2. The lowest BCUT2D eigenvalue weighted by molar-refractivity contribution is -0.118. The first-order chi connectivity index (χ1) is 7.41. The van der Waals surface area contributed by atoms with Crippen LogP contribution in [0.15, 0.2) is 18.2 Å². The van der Waals surface area contributed by atoms with Crippen molar-refractivity contribution < 1.29 is 18.4 Å². The van der Waals surface area contributed by atoms with Gasteiger partial charge >= 0.3 is 0 Å². The molecule has 0 aliphatic rings. The highest BCUT2D eigenvalue weighted by Gasteiger charge is 2.16. The molecule has 0 radical (unpaired) electrons. The monoisotopic (exact) mass is 247 g/mol. The molecule has 1 rings (SSSR count). The summed E-state index contributed by atoms with van der Waals surface area (Å²) in [6.07, 6.45) is 0. The van der Waals surface area contributed by atoms with Crippen molar-refractivity contribution in [2.75, 3.05) is 11.4 Å². The van der Waals surface area contributed by atoms with E-state index in [4.69, 9.17) is 11.6 Å². The van der Waals surface area contributed by atoms with Gasteiger partial charge in [0, 0.05) is 18.7 Å². The average Bonchev–Trinajstić information content (AvgIpc) is 2.18. The van der Waals surface area contributed by atoms with E-state index in [9.17, 15) is 18.4 Å². The number of carbonyl (C=O) groups excluding carboxylic acids is 2. The van der Waals surface area contributed by atoms with Crippen molar-refractivity contribution in [1.82, 2.24) is 0 Å². The second-order valence-corrected chi connectivity index (χ2v) is 3.48. The summed E-state index contributed by atoms with van der Waals surface area (Å²) < 4.78 is 25.6. The topological polar surface area (TPSA) is 37.4 Å². The number of hydrogen-bond donors (Lipinski definition) is 0. The first-order valence-corrected chi connectivity index (χ1v) is 4.71. The van der Waals surface area contributed by atoms with E-state index >= 15 is 0 Å². The number of nitrogens with zero attached hydrogens (tertiary/aromatic N) is 1. The van der Waals surface area contributed by atoms with Crippen LogP contribution in [0.4, 0.5) is 14.5 Å². The fourth-order valence-corrected chi connectivity index (χ4v) is 1.28. The Hall–Kier alpha value is -1.49. The van der Waals surface area contributed by atoms with Crippen LogP contribution in [0.25, 0.3) is 0 Å². The molecule has 0 bridgehead atoms. The minimum Gasteiger partial charge on any atom is -0.304 e. The Balaban J connectivity index is 3.06. The maximum atomic E-state index is 12.9. The summed E-state index contributed by atoms with van der Waals surface area (Å²) >= 11 is 5.14. The van der Waals surface area contributed by atoms with Gasteiger partial charge in [0.05, 0.1) is 6.54 Å². The Morgan fingerprint density at radius 3 is 2.38 bits per heavy atom. The molecule has 1 aromatic rings. The molecule has 86 valence electrons. The van der Waals surface area contributed by atoms with E-state index in [1.807, 2.05) is 0 Å². The van der Waals surface area contributed by atoms with Gasteiger partial charge in [-0.1, -0.05) is 0 Å². The SMILES string of the molecule is CC(=O)N(CC(=O)Cl)c1ccc(F)c(F)c1. The second kappa shape index (κ2) is 5.03. The highest BCUT2D eigenvalue weighted by atomic mass is 35.5. The van der Waals surface area contributed by atoms with Crippen LogP contribution in [0.5, 0.6) is 0 Å². The molecular formula is C10H8ClF2NO2. The van der Waals surface area contributed by atoms with Crippen molar-refractivity contribution in [2.24, 2.45) is 0 Å². The molecule has 0 saturated carbocycles. The van der Waals surface area contributed by atoms with Gasteiger partial charge in [-0.15, -0.1) is 0 Å². The second-order valence-electron chi connectivity index (χ2n) is 3.06. The van der Waals surface area contributed by atoms with Crippen LogP contribution < -0.4 is 4.90 Å². The highest BCUT2D eigenvalue weighted by Crippen LogP contribution is 2.18. The molecule has 6 heteroatoms. The molecule has 0 heterocycles. The normalized spacial score (nSPS) is 10.0. The Morgan fingerprint density at radius 2 is 1.94 bits per heavy atom. The van der Waals surface area contributed by atoms with E-state index in [0.717, 1.165) is 17.0 Å². The predicted molar refractivity (Wildman–Crippen MR) is 55.2 cm³/mol. The molecule has 1 aromatic carbocycles. The fourth-order valence-electron chi connectivity index (χ4n) is 1.16. The zero-order valence-corrected chi connectivity index (χ0v) is 9.09. The van der Waals surface area contributed by atoms with Crippen molar-refractivity contribution in [3.63, 3.8) is 0 Å². The fraction of sp³-hybridized carbons (Fsp3) is 0.200. The van der Waals surface area contributed by atoms with Crippen molar-refractivity contribution in [3.05, 3.63) is 29.8 Å². The number of amides is 1. The summed E-state index contributed by atoms with van der Waals surface area (Å²) in [5.41, 5.74) is 0.0837. The molecule has 0 saturated heterocycles. The lowest BCUT2D eigenvalue weighted by atomic mass is 10.2. The summed E-state index contributed by atoms with van der Waals surface area (Å²) in [4.78, 5) is 22.8. The third kappa shape index (κ3) is 3.00. The van der Waals surface area contributed by atoms with Crippen LogP contribution in [0, 0.1) is 11.6 Å². The standard InChI is InChI=1S/C10H8ClF2NO2/c1-6(15)14(5-10(11)16)7-2-3-8(12)9(13)4-7/h2-4H,5H2,1H3. The van der Waals surface area contributed by atoms with E-state index in [-0.39, 0.29) is 12.2 Å². The van der Waals surface area contributed by atoms with Crippen molar-refractivity contribution in [3.8, 4) is 0 Å². The van der Waals surface area contributed by atoms with Gasteiger partial charge in [-0.3, -0.25) is 9.59 Å². The van der Waals surface area contributed by atoms with E-state index in [2.05, 4.69) is 0 Å². The molecular weight excluding hydrogens is 240 g/mol. The zero-order chi connectivity index (χ0) is 12.3. The van der Waals surface area contributed by atoms with Gasteiger partial charge in [0.2, 0.25) is 11.1 Å². The summed E-state index contributed by atoms with van der Waals surface area (Å²) in [7, 11) is 0. The maximum absolute atomic E-state index is 12.9. The number of anilines is 1. The average molecular weight is 248 g/mol. The van der Waals surface area contributed by atoms with Crippen molar-refractivity contribution in [1.29, 1.82) is 0 Å². The molecule has 0 unspecified atom stereocenters. The third-order valence-corrected chi connectivity index (χ3v) is 2.00. The van der Waals surface area contributed by atoms with Gasteiger partial charge in [-0.2, -0.15) is 0 Å². The number of rotatable bonds is 3. The molecule has 0 N–H and O–H groups in total. The van der Waals surface area contributed by atoms with E-state index in [0.29, 0.717) is 0 Å². The Kier molecular flexibility index (Phi) is 3.95. The zero-order valence-electron chi connectivity index (χ0n) is 8.34. The van der Waals surface area contributed by atoms with Gasteiger partial charge < -0.3 is 4.90 Å². The highest BCUT2D eigenvalue weighted by molar-refractivity contribution is 6.64. The quantitative estimate of drug-likeness (QED) is 0.767. The predicted octanol–water partition coefficient (Wildman–Crippen LogP) is 2.08. The summed E-state index contributed by atoms with van der Waals surface area (Å²) in [6.45, 7) is 0.809. The molecule has 0 atom stereocenters. The van der Waals surface area contributed by atoms with Crippen LogP contribution in [0.3, 0.4) is 0 Å².